The van der Waals surface area contributed by atoms with E-state index < -0.39 is 110 Å². The number of hydrogen-bond donors (Lipinski definition) is 11. The molecule has 0 saturated carbocycles. The summed E-state index contributed by atoms with van der Waals surface area (Å²) in [6, 6.07) is -6.02. The molecule has 21 heteroatoms. The van der Waals surface area contributed by atoms with Crippen molar-refractivity contribution in [3.8, 4) is 0 Å². The first-order valence-corrected chi connectivity index (χ1v) is 12.0. The molecule has 3 amide bonds. The number of nitrogens with one attached hydrogen (secondary N) is 3. The van der Waals surface area contributed by atoms with Gasteiger partial charge in [-0.05, 0) is 6.42 Å². The predicted octanol–water partition coefficient (Wildman–Crippen LogP) is -6.33. The third-order valence-corrected chi connectivity index (χ3v) is 6.07. The first-order chi connectivity index (χ1) is 19.6. The van der Waals surface area contributed by atoms with Crippen molar-refractivity contribution >= 4 is 36.1 Å². The average molecular weight is 606 g/mol. The Hall–Kier alpha value is -4.41. The lowest BCUT2D eigenvalue weighted by Crippen LogP contribution is -2.63. The van der Waals surface area contributed by atoms with Crippen LogP contribution < -0.4 is 27.8 Å². The number of amides is 3. The molecule has 9 atom stereocenters. The molecule has 1 fully saturated rings. The van der Waals surface area contributed by atoms with E-state index in [-0.39, 0.29) is 12.0 Å². The largest absolute Gasteiger partial charge is 0.481 e. The zero-order valence-electron chi connectivity index (χ0n) is 21.4. The Morgan fingerprint density at radius 2 is 1.76 bits per heavy atom. The number of primary amides is 1. The highest BCUT2D eigenvalue weighted by Crippen LogP contribution is 2.30. The van der Waals surface area contributed by atoms with E-state index in [1.807, 2.05) is 10.6 Å². The lowest BCUT2D eigenvalue weighted by molar-refractivity contribution is -0.145. The van der Waals surface area contributed by atoms with Crippen LogP contribution in [0, 0.1) is 0 Å². The second-order valence-corrected chi connectivity index (χ2v) is 9.04. The number of nitrogens with two attached hydrogens (primary N) is 2. The quantitative estimate of drug-likeness (QED) is 0.0826. The fourth-order valence-corrected chi connectivity index (χ4v) is 3.86. The topological polar surface area (TPSA) is 356 Å². The minimum atomic E-state index is -2.14. The van der Waals surface area contributed by atoms with Gasteiger partial charge < -0.3 is 67.2 Å². The van der Waals surface area contributed by atoms with Crippen molar-refractivity contribution in [1.29, 1.82) is 0 Å². The smallest absolute Gasteiger partial charge is 0.404 e. The van der Waals surface area contributed by atoms with Crippen molar-refractivity contribution in [1.82, 2.24) is 20.2 Å². The number of aldehydes is 1. The summed E-state index contributed by atoms with van der Waals surface area (Å²) < 4.78 is 10.4. The van der Waals surface area contributed by atoms with Gasteiger partial charge in [0.05, 0.1) is 5.69 Å². The monoisotopic (exact) mass is 606 g/mol. The number of imidazole rings is 1. The number of aromatic amines is 1. The summed E-state index contributed by atoms with van der Waals surface area (Å²) in [5.74, 6) is -5.88. The summed E-state index contributed by atoms with van der Waals surface area (Å²) in [5, 5.41) is 63.5. The molecule has 234 valence electrons. The molecule has 0 radical (unpaired) electrons. The Labute approximate surface area is 234 Å². The van der Waals surface area contributed by atoms with Crippen LogP contribution >= 0.6 is 0 Å². The van der Waals surface area contributed by atoms with Crippen molar-refractivity contribution in [2.45, 2.75) is 67.7 Å². The molecule has 2 rings (SSSR count). The van der Waals surface area contributed by atoms with Crippen molar-refractivity contribution < 1.29 is 68.9 Å². The van der Waals surface area contributed by atoms with Crippen LogP contribution in [0.25, 0.3) is 0 Å². The van der Waals surface area contributed by atoms with Crippen molar-refractivity contribution in [3.05, 3.63) is 22.4 Å². The Balaban J connectivity index is 2.37. The van der Waals surface area contributed by atoms with Crippen LogP contribution in [0.15, 0.2) is 11.0 Å². The van der Waals surface area contributed by atoms with Crippen LogP contribution in [0.2, 0.25) is 0 Å². The highest BCUT2D eigenvalue weighted by molar-refractivity contribution is 5.92. The van der Waals surface area contributed by atoms with Crippen LogP contribution in [-0.2, 0) is 28.7 Å². The van der Waals surface area contributed by atoms with Crippen LogP contribution in [0.5, 0.6) is 0 Å². The molecular weight excluding hydrogens is 576 g/mol. The van der Waals surface area contributed by atoms with E-state index >= 15 is 0 Å². The van der Waals surface area contributed by atoms with Gasteiger partial charge in [-0.1, -0.05) is 0 Å². The first kappa shape index (κ1) is 33.8. The maximum Gasteiger partial charge on any atom is 0.404 e. The zero-order chi connectivity index (χ0) is 31.9. The number of aliphatic carboxylic acids is 2. The first-order valence-electron chi connectivity index (χ1n) is 12.0. The van der Waals surface area contributed by atoms with Crippen molar-refractivity contribution in [3.63, 3.8) is 0 Å². The predicted molar refractivity (Wildman–Crippen MR) is 130 cm³/mol. The number of hydrogen-bond acceptors (Lipinski definition) is 14. The number of H-pyrrole nitrogens is 1. The molecule has 0 aliphatic carbocycles. The number of ether oxygens (including phenoxy) is 2. The van der Waals surface area contributed by atoms with Gasteiger partial charge in [0.25, 0.3) is 0 Å². The third kappa shape index (κ3) is 8.31. The van der Waals surface area contributed by atoms with Gasteiger partial charge in [-0.2, -0.15) is 0 Å². The molecule has 1 aliphatic rings. The van der Waals surface area contributed by atoms with E-state index in [4.69, 9.17) is 21.3 Å². The van der Waals surface area contributed by atoms with Gasteiger partial charge in [-0.3, -0.25) is 23.7 Å². The van der Waals surface area contributed by atoms with Crippen molar-refractivity contribution in [2.24, 2.45) is 11.5 Å². The minimum Gasteiger partial charge on any atom is -0.481 e. The Kier molecular flexibility index (Phi) is 11.6. The number of rotatable bonds is 15. The summed E-state index contributed by atoms with van der Waals surface area (Å²) in [6.45, 7) is -0.891. The molecule has 42 heavy (non-hydrogen) atoms. The summed E-state index contributed by atoms with van der Waals surface area (Å²) in [6.07, 6.45) is -13.3. The molecule has 13 N–H and O–H groups in total. The molecular formula is C21H30N6O15. The number of aromatic nitrogens is 2. The number of nitrogens with zero attached hydrogens (tertiary/aromatic N) is 1. The molecule has 0 bridgehead atoms. The number of carboxylic acid groups (broad SMARTS) is 2. The van der Waals surface area contributed by atoms with Crippen LogP contribution in [0.4, 0.5) is 4.79 Å². The summed E-state index contributed by atoms with van der Waals surface area (Å²) in [5.41, 5.74) is 9.17. The van der Waals surface area contributed by atoms with Gasteiger partial charge in [-0.25, -0.2) is 14.4 Å². The van der Waals surface area contributed by atoms with E-state index in [1.54, 1.807) is 0 Å². The van der Waals surface area contributed by atoms with E-state index in [1.165, 1.54) is 0 Å². The third-order valence-electron chi connectivity index (χ3n) is 6.07. The maximum atomic E-state index is 13.2. The SMILES string of the molecule is NC(=O)OCC(O)C(O)C(N)C(=O)NC(C(=O)NC(CCC(=O)O)C(=O)O)C1OC(n2cc(C=O)[nH]c2=O)C(O)C1O. The fourth-order valence-electron chi connectivity index (χ4n) is 3.86. The normalized spacial score (nSPS) is 23.5. The van der Waals surface area contributed by atoms with Gasteiger partial charge >= 0.3 is 23.7 Å². The Bertz CT molecular complexity index is 1230. The average Bonchev–Trinajstić information content (AvgIpc) is 3.44. The zero-order valence-corrected chi connectivity index (χ0v) is 21.4. The second kappa shape index (κ2) is 14.5. The summed E-state index contributed by atoms with van der Waals surface area (Å²) in [7, 11) is 0. The molecule has 1 aromatic rings. The van der Waals surface area contributed by atoms with Gasteiger partial charge in [-0.15, -0.1) is 0 Å². The fraction of sp³-hybridized carbons (Fsp3) is 0.571. The number of carbonyl (C=O) groups excluding carboxylic acids is 4. The Morgan fingerprint density at radius 1 is 1.12 bits per heavy atom. The van der Waals surface area contributed by atoms with E-state index in [9.17, 15) is 59.1 Å². The molecule has 9 unspecified atom stereocenters. The van der Waals surface area contributed by atoms with Crippen molar-refractivity contribution in [2.75, 3.05) is 6.61 Å². The Morgan fingerprint density at radius 3 is 2.29 bits per heavy atom. The standard InChI is InChI=1S/C21H30N6O15/c22-10(12(32)8(29)5-41-20(23)39)16(35)26-11(17(36)25-7(19(37)38)1-2-9(30)31)15-13(33)14(34)18(42-15)27-3-6(4-28)24-21(27)40/h3-4,7-8,10-15,18,29,32-34H,1-2,5,22H2,(H2,23,39)(H,24,40)(H,25,36)(H,26,35)(H,30,31)(H,37,38). The van der Waals surface area contributed by atoms with E-state index in [2.05, 4.69) is 9.72 Å². The second-order valence-electron chi connectivity index (χ2n) is 9.04. The molecule has 0 spiro atoms. The lowest BCUT2D eigenvalue weighted by Gasteiger charge is -2.29. The van der Waals surface area contributed by atoms with Gasteiger partial charge in [0.15, 0.2) is 12.5 Å². The van der Waals surface area contributed by atoms with Gasteiger partial charge in [0.1, 0.15) is 55.3 Å². The van der Waals surface area contributed by atoms with Gasteiger partial charge in [0, 0.05) is 12.6 Å². The van der Waals surface area contributed by atoms with Crippen LogP contribution in [-0.4, -0.2) is 132 Å². The van der Waals surface area contributed by atoms with Gasteiger partial charge in [0.2, 0.25) is 11.8 Å². The molecule has 21 nitrogen and oxygen atoms in total. The summed E-state index contributed by atoms with van der Waals surface area (Å²) >= 11 is 0. The molecule has 1 aromatic heterocycles. The van der Waals surface area contributed by atoms with Crippen LogP contribution in [0.1, 0.15) is 29.6 Å². The molecule has 1 aliphatic heterocycles. The number of carboxylic acids is 2. The van der Waals surface area contributed by atoms with Crippen LogP contribution in [0.3, 0.4) is 0 Å². The van der Waals surface area contributed by atoms with E-state index in [0.29, 0.717) is 4.57 Å². The maximum absolute atomic E-state index is 13.2. The molecule has 0 aromatic carbocycles. The number of aliphatic hydroxyl groups excluding tert-OH is 4. The van der Waals surface area contributed by atoms with E-state index in [0.717, 1.165) is 6.20 Å². The lowest BCUT2D eigenvalue weighted by atomic mass is 10.00. The number of aliphatic hydroxyl groups is 4. The highest BCUT2D eigenvalue weighted by Gasteiger charge is 2.51. The minimum absolute atomic E-state index is 0.252. The number of carbonyl (C=O) groups is 6. The molecule has 2 heterocycles. The highest BCUT2D eigenvalue weighted by atomic mass is 16.6. The molecule has 1 saturated heterocycles. The summed E-state index contributed by atoms with van der Waals surface area (Å²) in [4.78, 5) is 84.6.